The van der Waals surface area contributed by atoms with E-state index in [4.69, 9.17) is 0 Å². The molecule has 2 unspecified atom stereocenters. The summed E-state index contributed by atoms with van der Waals surface area (Å²) in [5.74, 6) is 0.0996. The summed E-state index contributed by atoms with van der Waals surface area (Å²) in [4.78, 5) is 0. The Morgan fingerprint density at radius 3 is 2.93 bits per heavy atom. The zero-order valence-corrected chi connectivity index (χ0v) is 9.04. The Labute approximate surface area is 89.9 Å². The van der Waals surface area contributed by atoms with Crippen LogP contribution in [0.1, 0.15) is 31.7 Å². The Hall–Kier alpha value is -0.890. The summed E-state index contributed by atoms with van der Waals surface area (Å²) in [6.07, 6.45) is 3.56. The number of halogens is 1. The van der Waals surface area contributed by atoms with E-state index in [0.29, 0.717) is 12.3 Å². The van der Waals surface area contributed by atoms with E-state index in [1.54, 1.807) is 6.07 Å². The smallest absolute Gasteiger partial charge is 0.123 e. The third-order valence-corrected chi connectivity index (χ3v) is 3.56. The van der Waals surface area contributed by atoms with Gasteiger partial charge in [0, 0.05) is 6.42 Å². The van der Waals surface area contributed by atoms with Gasteiger partial charge >= 0.3 is 0 Å². The van der Waals surface area contributed by atoms with Crippen LogP contribution in [-0.2, 0) is 6.42 Å². The van der Waals surface area contributed by atoms with E-state index in [0.717, 1.165) is 24.8 Å². The van der Waals surface area contributed by atoms with Crippen molar-refractivity contribution in [2.24, 2.45) is 5.92 Å². The highest BCUT2D eigenvalue weighted by Gasteiger charge is 2.37. The van der Waals surface area contributed by atoms with E-state index in [2.05, 4.69) is 6.92 Å². The van der Waals surface area contributed by atoms with Gasteiger partial charge in [-0.2, -0.15) is 0 Å². The zero-order valence-electron chi connectivity index (χ0n) is 9.04. The molecule has 1 aromatic carbocycles. The Morgan fingerprint density at radius 2 is 2.33 bits per heavy atom. The minimum absolute atomic E-state index is 0.221. The molecule has 1 N–H and O–H groups in total. The lowest BCUT2D eigenvalue weighted by Crippen LogP contribution is -2.34. The first-order valence-corrected chi connectivity index (χ1v) is 5.57. The summed E-state index contributed by atoms with van der Waals surface area (Å²) in [6.45, 7) is 2.08. The fourth-order valence-corrected chi connectivity index (χ4v) is 2.49. The lowest BCUT2D eigenvalue weighted by Gasteiger charge is -2.27. The van der Waals surface area contributed by atoms with Crippen molar-refractivity contribution in [1.29, 1.82) is 0 Å². The Balaban J connectivity index is 2.14. The lowest BCUT2D eigenvalue weighted by atomic mass is 9.86. The van der Waals surface area contributed by atoms with Gasteiger partial charge in [0.2, 0.25) is 0 Å². The van der Waals surface area contributed by atoms with Crippen molar-refractivity contribution in [3.8, 4) is 0 Å². The van der Waals surface area contributed by atoms with Crippen molar-refractivity contribution in [2.75, 3.05) is 0 Å². The number of rotatable bonds is 2. The van der Waals surface area contributed by atoms with Crippen LogP contribution in [0.5, 0.6) is 0 Å². The van der Waals surface area contributed by atoms with Gasteiger partial charge in [0.05, 0.1) is 5.60 Å². The minimum Gasteiger partial charge on any atom is -0.389 e. The van der Waals surface area contributed by atoms with E-state index in [9.17, 15) is 9.50 Å². The summed E-state index contributed by atoms with van der Waals surface area (Å²) in [7, 11) is 0. The SMILES string of the molecule is CC1CCCC1(O)Cc1cccc(F)c1. The fraction of sp³-hybridized carbons (Fsp3) is 0.538. The molecule has 1 saturated carbocycles. The molecule has 0 saturated heterocycles. The summed E-state index contributed by atoms with van der Waals surface area (Å²) in [5.41, 5.74) is 0.277. The van der Waals surface area contributed by atoms with Gasteiger partial charge in [0.15, 0.2) is 0 Å². The summed E-state index contributed by atoms with van der Waals surface area (Å²) < 4.78 is 13.0. The molecule has 0 heterocycles. The van der Waals surface area contributed by atoms with Gasteiger partial charge in [-0.15, -0.1) is 0 Å². The molecule has 2 rings (SSSR count). The molecule has 1 aliphatic rings. The number of hydrogen-bond donors (Lipinski definition) is 1. The second kappa shape index (κ2) is 3.93. The minimum atomic E-state index is -0.617. The fourth-order valence-electron chi connectivity index (χ4n) is 2.49. The van der Waals surface area contributed by atoms with Crippen LogP contribution in [0.3, 0.4) is 0 Å². The van der Waals surface area contributed by atoms with Gasteiger partial charge in [-0.05, 0) is 36.5 Å². The van der Waals surface area contributed by atoms with Gasteiger partial charge < -0.3 is 5.11 Å². The predicted molar refractivity (Wildman–Crippen MR) is 58.1 cm³/mol. The summed E-state index contributed by atoms with van der Waals surface area (Å²) in [6, 6.07) is 6.54. The molecule has 2 atom stereocenters. The van der Waals surface area contributed by atoms with Crippen molar-refractivity contribution >= 4 is 0 Å². The lowest BCUT2D eigenvalue weighted by molar-refractivity contribution is 0.00955. The molecule has 1 aromatic rings. The second-order valence-electron chi connectivity index (χ2n) is 4.70. The first-order chi connectivity index (χ1) is 7.10. The third-order valence-electron chi connectivity index (χ3n) is 3.56. The van der Waals surface area contributed by atoms with Crippen molar-refractivity contribution in [3.05, 3.63) is 35.6 Å². The molecule has 1 fully saturated rings. The van der Waals surface area contributed by atoms with Crippen molar-refractivity contribution in [1.82, 2.24) is 0 Å². The standard InChI is InChI=1S/C13H17FO/c1-10-4-3-7-13(10,15)9-11-5-2-6-12(14)8-11/h2,5-6,8,10,15H,3-4,7,9H2,1H3. The van der Waals surface area contributed by atoms with Crippen LogP contribution in [0.25, 0.3) is 0 Å². The van der Waals surface area contributed by atoms with Gasteiger partial charge in [-0.3, -0.25) is 0 Å². The van der Waals surface area contributed by atoms with Crippen LogP contribution in [0.15, 0.2) is 24.3 Å². The monoisotopic (exact) mass is 208 g/mol. The Kier molecular flexibility index (Phi) is 2.79. The molecule has 0 amide bonds. The quantitative estimate of drug-likeness (QED) is 0.792. The number of benzene rings is 1. The third kappa shape index (κ3) is 2.20. The molecule has 1 nitrogen and oxygen atoms in total. The largest absolute Gasteiger partial charge is 0.389 e. The van der Waals surface area contributed by atoms with E-state index in [1.165, 1.54) is 12.1 Å². The van der Waals surface area contributed by atoms with Gasteiger partial charge in [-0.25, -0.2) is 4.39 Å². The van der Waals surface area contributed by atoms with Crippen molar-refractivity contribution in [2.45, 2.75) is 38.2 Å². The average molecular weight is 208 g/mol. The van der Waals surface area contributed by atoms with E-state index >= 15 is 0 Å². The maximum absolute atomic E-state index is 13.0. The van der Waals surface area contributed by atoms with Crippen LogP contribution in [0, 0.1) is 11.7 Å². The molecule has 82 valence electrons. The number of aliphatic hydroxyl groups is 1. The van der Waals surface area contributed by atoms with Gasteiger partial charge in [-0.1, -0.05) is 25.5 Å². The van der Waals surface area contributed by atoms with Gasteiger partial charge in [0.25, 0.3) is 0 Å². The highest BCUT2D eigenvalue weighted by atomic mass is 19.1. The molecular formula is C13H17FO. The molecular weight excluding hydrogens is 191 g/mol. The Morgan fingerprint density at radius 1 is 1.53 bits per heavy atom. The number of hydrogen-bond acceptors (Lipinski definition) is 1. The van der Waals surface area contributed by atoms with Crippen LogP contribution in [0.4, 0.5) is 4.39 Å². The van der Waals surface area contributed by atoms with E-state index in [1.807, 2.05) is 6.07 Å². The predicted octanol–water partition coefficient (Wildman–Crippen LogP) is 2.92. The van der Waals surface area contributed by atoms with E-state index < -0.39 is 5.60 Å². The molecule has 1 aliphatic carbocycles. The van der Waals surface area contributed by atoms with Crippen LogP contribution < -0.4 is 0 Å². The van der Waals surface area contributed by atoms with Crippen molar-refractivity contribution in [3.63, 3.8) is 0 Å². The van der Waals surface area contributed by atoms with Gasteiger partial charge in [0.1, 0.15) is 5.82 Å². The molecule has 0 spiro atoms. The topological polar surface area (TPSA) is 20.2 Å². The molecule has 0 aliphatic heterocycles. The Bertz CT molecular complexity index is 350. The molecule has 2 heteroatoms. The molecule has 0 bridgehead atoms. The first kappa shape index (κ1) is 10.6. The first-order valence-electron chi connectivity index (χ1n) is 5.57. The molecule has 0 aromatic heterocycles. The summed E-state index contributed by atoms with van der Waals surface area (Å²) in [5, 5.41) is 10.4. The zero-order chi connectivity index (χ0) is 10.9. The molecule has 15 heavy (non-hydrogen) atoms. The van der Waals surface area contributed by atoms with Crippen LogP contribution in [0.2, 0.25) is 0 Å². The van der Waals surface area contributed by atoms with Crippen LogP contribution >= 0.6 is 0 Å². The maximum Gasteiger partial charge on any atom is 0.123 e. The summed E-state index contributed by atoms with van der Waals surface area (Å²) >= 11 is 0. The maximum atomic E-state index is 13.0. The molecule has 0 radical (unpaired) electrons. The van der Waals surface area contributed by atoms with E-state index in [-0.39, 0.29) is 5.82 Å². The highest BCUT2D eigenvalue weighted by molar-refractivity contribution is 5.19. The van der Waals surface area contributed by atoms with Crippen molar-refractivity contribution < 1.29 is 9.50 Å². The second-order valence-corrected chi connectivity index (χ2v) is 4.70. The highest BCUT2D eigenvalue weighted by Crippen LogP contribution is 2.37. The van der Waals surface area contributed by atoms with Crippen LogP contribution in [-0.4, -0.2) is 10.7 Å². The average Bonchev–Trinajstić information content (AvgIpc) is 2.47. The normalized spacial score (nSPS) is 30.7.